The van der Waals surface area contributed by atoms with E-state index in [1.165, 1.54) is 24.3 Å². The van der Waals surface area contributed by atoms with Gasteiger partial charge in [0, 0.05) is 11.6 Å². The number of carbonyl (C=O) groups excluding carboxylic acids is 1. The molecule has 0 heterocycles. The topological polar surface area (TPSA) is 129 Å². The van der Waals surface area contributed by atoms with E-state index in [1.54, 1.807) is 0 Å². The van der Waals surface area contributed by atoms with E-state index in [2.05, 4.69) is 0 Å². The molecule has 0 unspecified atom stereocenters. The van der Waals surface area contributed by atoms with Gasteiger partial charge in [-0.3, -0.25) is 25.0 Å². The van der Waals surface area contributed by atoms with Gasteiger partial charge in [0.15, 0.2) is 0 Å². The van der Waals surface area contributed by atoms with Gasteiger partial charge in [-0.05, 0) is 12.1 Å². The molecule has 0 bridgehead atoms. The Balaban J connectivity index is 2.73. The maximum absolute atomic E-state index is 11.3. The molecule has 8 nitrogen and oxygen atoms in total. The third-order valence-electron chi connectivity index (χ3n) is 2.94. The van der Waals surface area contributed by atoms with E-state index in [-0.39, 0.29) is 21.7 Å². The Kier molecular flexibility index (Phi) is 4.04. The number of nitrogens with zero attached hydrogens (tertiary/aromatic N) is 2. The van der Waals surface area contributed by atoms with Gasteiger partial charge in [-0.2, -0.15) is 0 Å². The summed E-state index contributed by atoms with van der Waals surface area (Å²) in [5, 5.41) is 21.8. The van der Waals surface area contributed by atoms with Crippen LogP contribution < -0.4 is 5.73 Å². The van der Waals surface area contributed by atoms with Crippen molar-refractivity contribution in [3.63, 3.8) is 0 Å². The zero-order valence-corrected chi connectivity index (χ0v) is 11.6. The van der Waals surface area contributed by atoms with Crippen LogP contribution in [0, 0.1) is 20.2 Å². The van der Waals surface area contributed by atoms with Gasteiger partial charge < -0.3 is 5.73 Å². The van der Waals surface area contributed by atoms with Crippen LogP contribution in [0.1, 0.15) is 10.4 Å². The number of primary amides is 1. The number of nitro benzene ring substituents is 2. The predicted octanol–water partition coefficient (Wildman–Crippen LogP) is 2.92. The van der Waals surface area contributed by atoms with Gasteiger partial charge in [-0.1, -0.05) is 23.7 Å². The molecule has 1 amide bonds. The van der Waals surface area contributed by atoms with Crippen LogP contribution in [0.25, 0.3) is 11.1 Å². The number of halogens is 1. The molecule has 0 fully saturated rings. The fourth-order valence-electron chi connectivity index (χ4n) is 1.94. The minimum absolute atomic E-state index is 0.00631. The van der Waals surface area contributed by atoms with Gasteiger partial charge in [0.25, 0.3) is 11.4 Å². The minimum atomic E-state index is -0.781. The van der Waals surface area contributed by atoms with Gasteiger partial charge in [0.05, 0.1) is 32.1 Å². The number of benzene rings is 2. The number of non-ortho nitro benzene ring substituents is 1. The van der Waals surface area contributed by atoms with Crippen LogP contribution in [-0.2, 0) is 0 Å². The third kappa shape index (κ3) is 2.72. The second-order valence-electron chi connectivity index (χ2n) is 4.25. The molecule has 2 aromatic carbocycles. The van der Waals surface area contributed by atoms with E-state index < -0.39 is 27.1 Å². The first-order chi connectivity index (χ1) is 10.3. The van der Waals surface area contributed by atoms with Crippen molar-refractivity contribution in [1.29, 1.82) is 0 Å². The summed E-state index contributed by atoms with van der Waals surface area (Å²) in [6, 6.07) is 7.47. The lowest BCUT2D eigenvalue weighted by Crippen LogP contribution is -2.11. The van der Waals surface area contributed by atoms with E-state index in [1.807, 2.05) is 0 Å². The van der Waals surface area contributed by atoms with E-state index in [4.69, 9.17) is 17.3 Å². The highest BCUT2D eigenvalue weighted by atomic mass is 35.5. The average molecular weight is 322 g/mol. The first-order valence-electron chi connectivity index (χ1n) is 5.84. The van der Waals surface area contributed by atoms with Crippen molar-refractivity contribution in [2.75, 3.05) is 0 Å². The Labute approximate surface area is 128 Å². The first-order valence-corrected chi connectivity index (χ1v) is 6.22. The molecule has 112 valence electrons. The Hall–Kier alpha value is -3.00. The molecular weight excluding hydrogens is 314 g/mol. The second kappa shape index (κ2) is 5.78. The highest BCUT2D eigenvalue weighted by Gasteiger charge is 2.23. The molecule has 2 N–H and O–H groups in total. The highest BCUT2D eigenvalue weighted by Crippen LogP contribution is 2.38. The maximum Gasteiger partial charge on any atom is 0.284 e. The minimum Gasteiger partial charge on any atom is -0.366 e. The SMILES string of the molecule is NC(=O)c1cccc(-c2ccc([N+](=O)[O-])cc2[N+](=O)[O-])c1Cl. The summed E-state index contributed by atoms with van der Waals surface area (Å²) in [6.45, 7) is 0. The zero-order valence-electron chi connectivity index (χ0n) is 10.9. The lowest BCUT2D eigenvalue weighted by Gasteiger charge is -2.08. The largest absolute Gasteiger partial charge is 0.366 e. The van der Waals surface area contributed by atoms with E-state index >= 15 is 0 Å². The van der Waals surface area contributed by atoms with E-state index in [9.17, 15) is 25.0 Å². The molecule has 0 radical (unpaired) electrons. The number of rotatable bonds is 4. The standard InChI is InChI=1S/C13H8ClN3O5/c14-12-9(2-1-3-10(12)13(15)18)8-5-4-7(16(19)20)6-11(8)17(21)22/h1-6H,(H2,15,18). The molecule has 2 rings (SSSR count). The zero-order chi connectivity index (χ0) is 16.4. The highest BCUT2D eigenvalue weighted by molar-refractivity contribution is 6.36. The van der Waals surface area contributed by atoms with E-state index in [0.29, 0.717) is 0 Å². The summed E-state index contributed by atoms with van der Waals surface area (Å²) in [5.74, 6) is -0.781. The van der Waals surface area contributed by atoms with Crippen molar-refractivity contribution in [1.82, 2.24) is 0 Å². The lowest BCUT2D eigenvalue weighted by atomic mass is 10.0. The Morgan fingerprint density at radius 3 is 2.27 bits per heavy atom. The molecule has 0 atom stereocenters. The molecule has 0 aliphatic heterocycles. The Morgan fingerprint density at radius 2 is 1.73 bits per heavy atom. The molecule has 2 aromatic rings. The van der Waals surface area contributed by atoms with Crippen LogP contribution in [0.15, 0.2) is 36.4 Å². The van der Waals surface area contributed by atoms with Crippen LogP contribution >= 0.6 is 11.6 Å². The molecular formula is C13H8ClN3O5. The monoisotopic (exact) mass is 321 g/mol. The van der Waals surface area contributed by atoms with Gasteiger partial charge in [-0.25, -0.2) is 0 Å². The molecule has 0 saturated carbocycles. The summed E-state index contributed by atoms with van der Waals surface area (Å²) in [4.78, 5) is 31.7. The summed E-state index contributed by atoms with van der Waals surface area (Å²) in [5.41, 5.74) is 4.53. The van der Waals surface area contributed by atoms with Gasteiger partial charge >= 0.3 is 0 Å². The fourth-order valence-corrected chi connectivity index (χ4v) is 2.26. The molecule has 0 saturated heterocycles. The molecule has 0 aliphatic rings. The fraction of sp³-hybridized carbons (Fsp3) is 0. The van der Waals surface area contributed by atoms with Crippen molar-refractivity contribution >= 4 is 28.9 Å². The number of nitro groups is 2. The summed E-state index contributed by atoms with van der Waals surface area (Å²) >= 11 is 6.06. The van der Waals surface area contributed by atoms with Crippen molar-refractivity contribution in [2.24, 2.45) is 5.73 Å². The molecule has 9 heteroatoms. The summed E-state index contributed by atoms with van der Waals surface area (Å²) < 4.78 is 0. The number of carbonyl (C=O) groups is 1. The smallest absolute Gasteiger partial charge is 0.284 e. The normalized spacial score (nSPS) is 10.2. The van der Waals surface area contributed by atoms with Gasteiger partial charge in [0.1, 0.15) is 0 Å². The maximum atomic E-state index is 11.3. The molecule has 0 aromatic heterocycles. The van der Waals surface area contributed by atoms with Crippen LogP contribution in [0.3, 0.4) is 0 Å². The van der Waals surface area contributed by atoms with Crippen LogP contribution in [0.2, 0.25) is 5.02 Å². The summed E-state index contributed by atoms with van der Waals surface area (Å²) in [6.07, 6.45) is 0. The van der Waals surface area contributed by atoms with Crippen molar-refractivity contribution in [3.8, 4) is 11.1 Å². The quantitative estimate of drug-likeness (QED) is 0.683. The second-order valence-corrected chi connectivity index (χ2v) is 4.63. The third-order valence-corrected chi connectivity index (χ3v) is 3.35. The Bertz CT molecular complexity index is 806. The Morgan fingerprint density at radius 1 is 1.05 bits per heavy atom. The van der Waals surface area contributed by atoms with Crippen LogP contribution in [0.5, 0.6) is 0 Å². The van der Waals surface area contributed by atoms with Crippen LogP contribution in [-0.4, -0.2) is 15.8 Å². The molecule has 22 heavy (non-hydrogen) atoms. The summed E-state index contributed by atoms with van der Waals surface area (Å²) in [7, 11) is 0. The molecule has 0 spiro atoms. The van der Waals surface area contributed by atoms with Gasteiger partial charge in [0.2, 0.25) is 5.91 Å². The molecule has 0 aliphatic carbocycles. The van der Waals surface area contributed by atoms with Crippen molar-refractivity contribution in [2.45, 2.75) is 0 Å². The number of nitrogens with two attached hydrogens (primary N) is 1. The van der Waals surface area contributed by atoms with Crippen molar-refractivity contribution < 1.29 is 14.6 Å². The van der Waals surface area contributed by atoms with Crippen molar-refractivity contribution in [3.05, 3.63) is 67.2 Å². The van der Waals surface area contributed by atoms with Crippen LogP contribution in [0.4, 0.5) is 11.4 Å². The number of hydrogen-bond donors (Lipinski definition) is 1. The van der Waals surface area contributed by atoms with Gasteiger partial charge in [-0.15, -0.1) is 0 Å². The first kappa shape index (κ1) is 15.4. The van der Waals surface area contributed by atoms with E-state index in [0.717, 1.165) is 12.1 Å². The number of amides is 1. The lowest BCUT2D eigenvalue weighted by molar-refractivity contribution is -0.393. The average Bonchev–Trinajstić information content (AvgIpc) is 2.46. The predicted molar refractivity (Wildman–Crippen MR) is 78.7 cm³/mol. The number of hydrogen-bond acceptors (Lipinski definition) is 5.